The normalized spacial score (nSPS) is 22.6. The molecule has 0 radical (unpaired) electrons. The first kappa shape index (κ1) is 13.7. The number of terminal acetylenes is 1. The molecular formula is C15H18FNO2. The van der Waals surface area contributed by atoms with Crippen molar-refractivity contribution in [1.29, 1.82) is 0 Å². The van der Waals surface area contributed by atoms with E-state index >= 15 is 0 Å². The Balaban J connectivity index is 2.09. The van der Waals surface area contributed by atoms with Gasteiger partial charge in [0.2, 0.25) is 0 Å². The number of rotatable bonds is 4. The van der Waals surface area contributed by atoms with Gasteiger partial charge in [-0.15, -0.1) is 6.42 Å². The van der Waals surface area contributed by atoms with Gasteiger partial charge in [0.15, 0.2) is 0 Å². The molecule has 1 N–H and O–H groups in total. The SMILES string of the molecule is C#CCOc1ccc(F)cc1N[C@@H]1CCO[C@H](C)C1. The van der Waals surface area contributed by atoms with Crippen LogP contribution in [0.3, 0.4) is 0 Å². The highest BCUT2D eigenvalue weighted by Gasteiger charge is 2.20. The molecule has 102 valence electrons. The van der Waals surface area contributed by atoms with E-state index in [9.17, 15) is 4.39 Å². The van der Waals surface area contributed by atoms with E-state index in [1.165, 1.54) is 12.1 Å². The predicted molar refractivity (Wildman–Crippen MR) is 72.8 cm³/mol. The first-order valence-electron chi connectivity index (χ1n) is 6.43. The second-order valence-corrected chi connectivity index (χ2v) is 4.68. The van der Waals surface area contributed by atoms with Gasteiger partial charge in [-0.25, -0.2) is 4.39 Å². The van der Waals surface area contributed by atoms with Gasteiger partial charge in [0.25, 0.3) is 0 Å². The number of ether oxygens (including phenoxy) is 2. The Morgan fingerprint density at radius 3 is 3.16 bits per heavy atom. The predicted octanol–water partition coefficient (Wildman–Crippen LogP) is 2.82. The number of halogens is 1. The summed E-state index contributed by atoms with van der Waals surface area (Å²) >= 11 is 0. The summed E-state index contributed by atoms with van der Waals surface area (Å²) in [6, 6.07) is 4.66. The lowest BCUT2D eigenvalue weighted by Gasteiger charge is -2.29. The van der Waals surface area contributed by atoms with Crippen molar-refractivity contribution in [2.75, 3.05) is 18.5 Å². The molecule has 0 bridgehead atoms. The van der Waals surface area contributed by atoms with E-state index in [4.69, 9.17) is 15.9 Å². The van der Waals surface area contributed by atoms with Crippen LogP contribution >= 0.6 is 0 Å². The van der Waals surface area contributed by atoms with Crippen molar-refractivity contribution in [2.45, 2.75) is 31.9 Å². The average Bonchev–Trinajstić information content (AvgIpc) is 2.38. The zero-order valence-corrected chi connectivity index (χ0v) is 11.0. The van der Waals surface area contributed by atoms with Gasteiger partial charge in [-0.05, 0) is 31.9 Å². The lowest BCUT2D eigenvalue weighted by Crippen LogP contribution is -2.32. The van der Waals surface area contributed by atoms with Gasteiger partial charge in [-0.1, -0.05) is 5.92 Å². The van der Waals surface area contributed by atoms with Crippen LogP contribution in [-0.2, 0) is 4.74 Å². The Morgan fingerprint density at radius 1 is 1.58 bits per heavy atom. The summed E-state index contributed by atoms with van der Waals surface area (Å²) in [4.78, 5) is 0. The summed E-state index contributed by atoms with van der Waals surface area (Å²) in [6.07, 6.45) is 7.18. The van der Waals surface area contributed by atoms with E-state index in [1.54, 1.807) is 6.07 Å². The molecule has 1 saturated heterocycles. The number of benzene rings is 1. The molecule has 0 amide bonds. The molecule has 0 aromatic heterocycles. The van der Waals surface area contributed by atoms with Crippen LogP contribution in [0.2, 0.25) is 0 Å². The van der Waals surface area contributed by atoms with Gasteiger partial charge in [0, 0.05) is 18.7 Å². The van der Waals surface area contributed by atoms with Crippen LogP contribution < -0.4 is 10.1 Å². The molecule has 1 heterocycles. The minimum Gasteiger partial charge on any atom is -0.479 e. The molecule has 3 nitrogen and oxygen atoms in total. The third kappa shape index (κ3) is 3.87. The van der Waals surface area contributed by atoms with Crippen molar-refractivity contribution in [3.63, 3.8) is 0 Å². The first-order valence-corrected chi connectivity index (χ1v) is 6.43. The van der Waals surface area contributed by atoms with E-state index in [1.807, 2.05) is 6.92 Å². The second-order valence-electron chi connectivity index (χ2n) is 4.68. The van der Waals surface area contributed by atoms with Gasteiger partial charge < -0.3 is 14.8 Å². The Labute approximate surface area is 113 Å². The molecule has 0 saturated carbocycles. The van der Waals surface area contributed by atoms with E-state index in [0.717, 1.165) is 12.8 Å². The Kier molecular flexibility index (Phi) is 4.64. The largest absolute Gasteiger partial charge is 0.479 e. The van der Waals surface area contributed by atoms with Crippen molar-refractivity contribution in [2.24, 2.45) is 0 Å². The molecule has 1 fully saturated rings. The zero-order chi connectivity index (χ0) is 13.7. The summed E-state index contributed by atoms with van der Waals surface area (Å²) in [5, 5.41) is 3.32. The van der Waals surface area contributed by atoms with Gasteiger partial charge >= 0.3 is 0 Å². The third-order valence-corrected chi connectivity index (χ3v) is 3.10. The van der Waals surface area contributed by atoms with Gasteiger partial charge in [-0.2, -0.15) is 0 Å². The van der Waals surface area contributed by atoms with Crippen LogP contribution in [0.15, 0.2) is 18.2 Å². The fourth-order valence-electron chi connectivity index (χ4n) is 2.21. The highest BCUT2D eigenvalue weighted by molar-refractivity contribution is 5.57. The van der Waals surface area contributed by atoms with Crippen LogP contribution in [0, 0.1) is 18.2 Å². The summed E-state index contributed by atoms with van der Waals surface area (Å²) in [7, 11) is 0. The van der Waals surface area contributed by atoms with E-state index in [-0.39, 0.29) is 24.6 Å². The Hall–Kier alpha value is -1.73. The molecule has 2 rings (SSSR count). The smallest absolute Gasteiger partial charge is 0.148 e. The van der Waals surface area contributed by atoms with Crippen molar-refractivity contribution in [1.82, 2.24) is 0 Å². The van der Waals surface area contributed by atoms with Gasteiger partial charge in [-0.3, -0.25) is 0 Å². The van der Waals surface area contributed by atoms with Crippen LogP contribution in [-0.4, -0.2) is 25.4 Å². The maximum absolute atomic E-state index is 13.3. The summed E-state index contributed by atoms with van der Waals surface area (Å²) in [6.45, 7) is 2.92. The molecular weight excluding hydrogens is 245 g/mol. The van der Waals surface area contributed by atoms with Crippen LogP contribution in [0.1, 0.15) is 19.8 Å². The minimum atomic E-state index is -0.296. The van der Waals surface area contributed by atoms with Crippen LogP contribution in [0.25, 0.3) is 0 Å². The number of anilines is 1. The molecule has 0 aliphatic carbocycles. The minimum absolute atomic E-state index is 0.171. The molecule has 1 aromatic carbocycles. The average molecular weight is 263 g/mol. The van der Waals surface area contributed by atoms with E-state index < -0.39 is 0 Å². The van der Waals surface area contributed by atoms with Crippen molar-refractivity contribution in [3.05, 3.63) is 24.0 Å². The number of nitrogens with one attached hydrogen (secondary N) is 1. The monoisotopic (exact) mass is 263 g/mol. The zero-order valence-electron chi connectivity index (χ0n) is 11.0. The summed E-state index contributed by atoms with van der Waals surface area (Å²) < 4.78 is 24.2. The topological polar surface area (TPSA) is 30.5 Å². The van der Waals surface area contributed by atoms with Crippen molar-refractivity contribution < 1.29 is 13.9 Å². The van der Waals surface area contributed by atoms with Crippen LogP contribution in [0.5, 0.6) is 5.75 Å². The maximum atomic E-state index is 13.3. The fraction of sp³-hybridized carbons (Fsp3) is 0.467. The summed E-state index contributed by atoms with van der Waals surface area (Å²) in [5.41, 5.74) is 0.648. The third-order valence-electron chi connectivity index (χ3n) is 3.10. The Morgan fingerprint density at radius 2 is 2.42 bits per heavy atom. The van der Waals surface area contributed by atoms with Crippen molar-refractivity contribution >= 4 is 5.69 Å². The van der Waals surface area contributed by atoms with Crippen LogP contribution in [0.4, 0.5) is 10.1 Å². The standard InChI is InChI=1S/C15H18FNO2/c1-3-7-19-15-5-4-12(16)10-14(15)17-13-6-8-18-11(2)9-13/h1,4-5,10-11,13,17H,6-9H2,2H3/t11-,13-/m1/s1. The first-order chi connectivity index (χ1) is 9.19. The molecule has 0 unspecified atom stereocenters. The van der Waals surface area contributed by atoms with Crippen molar-refractivity contribution in [3.8, 4) is 18.1 Å². The molecule has 4 heteroatoms. The van der Waals surface area contributed by atoms with Gasteiger partial charge in [0.05, 0.1) is 11.8 Å². The van der Waals surface area contributed by atoms with E-state index in [0.29, 0.717) is 18.0 Å². The van der Waals surface area contributed by atoms with Gasteiger partial charge in [0.1, 0.15) is 18.2 Å². The molecule has 1 aliphatic heterocycles. The summed E-state index contributed by atoms with van der Waals surface area (Å²) in [5.74, 6) is 2.69. The highest BCUT2D eigenvalue weighted by atomic mass is 19.1. The maximum Gasteiger partial charge on any atom is 0.148 e. The highest BCUT2D eigenvalue weighted by Crippen LogP contribution is 2.28. The second kappa shape index (κ2) is 6.44. The number of hydrogen-bond acceptors (Lipinski definition) is 3. The van der Waals surface area contributed by atoms with E-state index in [2.05, 4.69) is 11.2 Å². The fourth-order valence-corrected chi connectivity index (χ4v) is 2.21. The molecule has 19 heavy (non-hydrogen) atoms. The molecule has 2 atom stereocenters. The molecule has 1 aromatic rings. The Bertz CT molecular complexity index is 470. The number of hydrogen-bond donors (Lipinski definition) is 1. The lowest BCUT2D eigenvalue weighted by atomic mass is 10.0. The lowest BCUT2D eigenvalue weighted by molar-refractivity contribution is 0.0232. The molecule has 0 spiro atoms. The quantitative estimate of drug-likeness (QED) is 0.847. The molecule has 1 aliphatic rings.